The average Bonchev–Trinajstić information content (AvgIpc) is 2.87. The molecule has 2 unspecified atom stereocenters. The SMILES string of the molecule is CC1CCCC1Cn1ccnc1SCC(=O)O. The number of thioether (sulfide) groups is 1. The molecule has 1 aromatic rings. The predicted molar refractivity (Wildman–Crippen MR) is 67.1 cm³/mol. The third kappa shape index (κ3) is 3.25. The van der Waals surface area contributed by atoms with E-state index in [1.54, 1.807) is 6.20 Å². The Hall–Kier alpha value is -0.970. The van der Waals surface area contributed by atoms with Crippen molar-refractivity contribution in [2.45, 2.75) is 37.9 Å². The first-order chi connectivity index (χ1) is 8.16. The van der Waals surface area contributed by atoms with Gasteiger partial charge in [-0.25, -0.2) is 4.98 Å². The molecule has 0 aliphatic heterocycles. The molecule has 1 aromatic heterocycles. The summed E-state index contributed by atoms with van der Waals surface area (Å²) in [6.07, 6.45) is 7.62. The molecule has 0 bridgehead atoms. The third-order valence-corrected chi connectivity index (χ3v) is 4.46. The zero-order chi connectivity index (χ0) is 12.3. The van der Waals surface area contributed by atoms with Gasteiger partial charge in [-0.2, -0.15) is 0 Å². The van der Waals surface area contributed by atoms with E-state index in [0.717, 1.165) is 17.6 Å². The van der Waals surface area contributed by atoms with Gasteiger partial charge in [0.25, 0.3) is 0 Å². The van der Waals surface area contributed by atoms with E-state index in [2.05, 4.69) is 16.5 Å². The van der Waals surface area contributed by atoms with Gasteiger partial charge in [0.15, 0.2) is 5.16 Å². The minimum atomic E-state index is -0.793. The molecule has 94 valence electrons. The molecule has 0 saturated heterocycles. The number of hydrogen-bond acceptors (Lipinski definition) is 3. The highest BCUT2D eigenvalue weighted by Gasteiger charge is 2.24. The Balaban J connectivity index is 1.96. The maximum Gasteiger partial charge on any atom is 0.313 e. The molecule has 2 atom stereocenters. The standard InChI is InChI=1S/C12H18N2O2S/c1-9-3-2-4-10(9)7-14-6-5-13-12(14)17-8-11(15)16/h5-6,9-10H,2-4,7-8H2,1H3,(H,15,16). The van der Waals surface area contributed by atoms with E-state index in [1.807, 2.05) is 6.20 Å². The molecule has 0 amide bonds. The summed E-state index contributed by atoms with van der Waals surface area (Å²) in [6, 6.07) is 0. The number of aliphatic carboxylic acids is 1. The van der Waals surface area contributed by atoms with Crippen molar-refractivity contribution in [3.8, 4) is 0 Å². The zero-order valence-electron chi connectivity index (χ0n) is 10.0. The van der Waals surface area contributed by atoms with Gasteiger partial charge < -0.3 is 9.67 Å². The Bertz CT molecular complexity index is 392. The largest absolute Gasteiger partial charge is 0.481 e. The van der Waals surface area contributed by atoms with Gasteiger partial charge in [0.05, 0.1) is 5.75 Å². The van der Waals surface area contributed by atoms with Crippen LogP contribution in [0.1, 0.15) is 26.2 Å². The van der Waals surface area contributed by atoms with Crippen LogP contribution in [0.3, 0.4) is 0 Å². The summed E-state index contributed by atoms with van der Waals surface area (Å²) >= 11 is 1.30. The predicted octanol–water partition coefficient (Wildman–Crippen LogP) is 2.50. The van der Waals surface area contributed by atoms with Crippen LogP contribution in [0.5, 0.6) is 0 Å². The van der Waals surface area contributed by atoms with E-state index in [-0.39, 0.29) is 5.75 Å². The van der Waals surface area contributed by atoms with E-state index >= 15 is 0 Å². The summed E-state index contributed by atoms with van der Waals surface area (Å²) in [4.78, 5) is 14.8. The first-order valence-corrected chi connectivity index (χ1v) is 7.01. The summed E-state index contributed by atoms with van der Waals surface area (Å²) in [5.74, 6) is 0.777. The van der Waals surface area contributed by atoms with Crippen LogP contribution in [0.15, 0.2) is 17.6 Å². The van der Waals surface area contributed by atoms with Crippen LogP contribution in [0.25, 0.3) is 0 Å². The second-order valence-corrected chi connectivity index (χ2v) is 5.66. The summed E-state index contributed by atoms with van der Waals surface area (Å²) in [6.45, 7) is 3.28. The maximum atomic E-state index is 10.5. The van der Waals surface area contributed by atoms with Gasteiger partial charge in [0.1, 0.15) is 0 Å². The molecule has 0 radical (unpaired) electrons. The Morgan fingerprint density at radius 3 is 3.12 bits per heavy atom. The number of nitrogens with zero attached hydrogens (tertiary/aromatic N) is 2. The van der Waals surface area contributed by atoms with Crippen molar-refractivity contribution in [2.24, 2.45) is 11.8 Å². The Labute approximate surface area is 105 Å². The number of carboxylic acids is 1. The van der Waals surface area contributed by atoms with Gasteiger partial charge in [0.2, 0.25) is 0 Å². The zero-order valence-corrected chi connectivity index (χ0v) is 10.8. The van der Waals surface area contributed by atoms with Gasteiger partial charge in [0, 0.05) is 18.9 Å². The van der Waals surface area contributed by atoms with Crippen LogP contribution >= 0.6 is 11.8 Å². The van der Waals surface area contributed by atoms with Gasteiger partial charge in [-0.3, -0.25) is 4.79 Å². The number of aromatic nitrogens is 2. The second kappa shape index (κ2) is 5.58. The lowest BCUT2D eigenvalue weighted by Crippen LogP contribution is -2.13. The summed E-state index contributed by atoms with van der Waals surface area (Å²) in [5, 5.41) is 9.50. The molecular formula is C12H18N2O2S. The maximum absolute atomic E-state index is 10.5. The Morgan fingerprint density at radius 2 is 2.47 bits per heavy atom. The van der Waals surface area contributed by atoms with Crippen molar-refractivity contribution in [2.75, 3.05) is 5.75 Å². The Kier molecular flexibility index (Phi) is 4.10. The van der Waals surface area contributed by atoms with Crippen LogP contribution in [0, 0.1) is 11.8 Å². The number of hydrogen-bond donors (Lipinski definition) is 1. The molecule has 1 N–H and O–H groups in total. The molecule has 0 spiro atoms. The smallest absolute Gasteiger partial charge is 0.313 e. The fourth-order valence-electron chi connectivity index (χ4n) is 2.45. The van der Waals surface area contributed by atoms with Crippen molar-refractivity contribution in [3.63, 3.8) is 0 Å². The molecule has 5 heteroatoms. The van der Waals surface area contributed by atoms with Gasteiger partial charge in [-0.05, 0) is 18.3 Å². The van der Waals surface area contributed by atoms with Crippen molar-refractivity contribution >= 4 is 17.7 Å². The molecular weight excluding hydrogens is 236 g/mol. The van der Waals surface area contributed by atoms with Crippen molar-refractivity contribution < 1.29 is 9.90 Å². The molecule has 1 heterocycles. The van der Waals surface area contributed by atoms with E-state index in [1.165, 1.54) is 31.0 Å². The average molecular weight is 254 g/mol. The topological polar surface area (TPSA) is 55.1 Å². The number of carbonyl (C=O) groups is 1. The van der Waals surface area contributed by atoms with Gasteiger partial charge in [-0.1, -0.05) is 31.5 Å². The molecule has 2 rings (SSSR count). The summed E-state index contributed by atoms with van der Waals surface area (Å²) < 4.78 is 2.10. The van der Waals surface area contributed by atoms with Crippen LogP contribution < -0.4 is 0 Å². The molecule has 4 nitrogen and oxygen atoms in total. The lowest BCUT2D eigenvalue weighted by molar-refractivity contribution is -0.133. The highest BCUT2D eigenvalue weighted by atomic mass is 32.2. The van der Waals surface area contributed by atoms with Crippen LogP contribution in [0.2, 0.25) is 0 Å². The first-order valence-electron chi connectivity index (χ1n) is 6.02. The van der Waals surface area contributed by atoms with Crippen LogP contribution in [-0.2, 0) is 11.3 Å². The lowest BCUT2D eigenvalue weighted by Gasteiger charge is -2.17. The quantitative estimate of drug-likeness (QED) is 0.820. The monoisotopic (exact) mass is 254 g/mol. The Morgan fingerprint density at radius 1 is 1.65 bits per heavy atom. The first kappa shape index (κ1) is 12.5. The van der Waals surface area contributed by atoms with Crippen LogP contribution in [-0.4, -0.2) is 26.4 Å². The molecule has 17 heavy (non-hydrogen) atoms. The number of rotatable bonds is 5. The normalized spacial score (nSPS) is 24.1. The molecule has 1 aliphatic rings. The minimum absolute atomic E-state index is 0.0806. The fourth-order valence-corrected chi connectivity index (χ4v) is 3.14. The minimum Gasteiger partial charge on any atom is -0.481 e. The lowest BCUT2D eigenvalue weighted by atomic mass is 9.98. The van der Waals surface area contributed by atoms with E-state index < -0.39 is 5.97 Å². The molecule has 0 aromatic carbocycles. The molecule has 1 fully saturated rings. The molecule has 1 aliphatic carbocycles. The third-order valence-electron chi connectivity index (χ3n) is 3.47. The second-order valence-electron chi connectivity index (χ2n) is 4.71. The highest BCUT2D eigenvalue weighted by molar-refractivity contribution is 7.99. The van der Waals surface area contributed by atoms with Gasteiger partial charge >= 0.3 is 5.97 Å². The van der Waals surface area contributed by atoms with Crippen molar-refractivity contribution in [1.29, 1.82) is 0 Å². The van der Waals surface area contributed by atoms with Crippen LogP contribution in [0.4, 0.5) is 0 Å². The van der Waals surface area contributed by atoms with Gasteiger partial charge in [-0.15, -0.1) is 0 Å². The summed E-state index contributed by atoms with van der Waals surface area (Å²) in [7, 11) is 0. The van der Waals surface area contributed by atoms with E-state index in [4.69, 9.17) is 5.11 Å². The van der Waals surface area contributed by atoms with E-state index in [0.29, 0.717) is 5.92 Å². The highest BCUT2D eigenvalue weighted by Crippen LogP contribution is 2.33. The summed E-state index contributed by atoms with van der Waals surface area (Å²) in [5.41, 5.74) is 0. The number of imidazole rings is 1. The van der Waals surface area contributed by atoms with Crippen molar-refractivity contribution in [3.05, 3.63) is 12.4 Å². The molecule has 1 saturated carbocycles. The van der Waals surface area contributed by atoms with Crippen molar-refractivity contribution in [1.82, 2.24) is 9.55 Å². The number of carboxylic acid groups (broad SMARTS) is 1. The van der Waals surface area contributed by atoms with E-state index in [9.17, 15) is 4.79 Å². The fraction of sp³-hybridized carbons (Fsp3) is 0.667.